The molecule has 1 unspecified atom stereocenters. The summed E-state index contributed by atoms with van der Waals surface area (Å²) in [5.41, 5.74) is 6.53. The number of aromatic nitrogens is 2. The molecule has 2 rings (SSSR count). The summed E-state index contributed by atoms with van der Waals surface area (Å²) < 4.78 is 2.05. The molecule has 0 spiro atoms. The molecular formula is C12H16N4S. The third-order valence-corrected chi connectivity index (χ3v) is 3.09. The van der Waals surface area contributed by atoms with Crippen LogP contribution in [-0.4, -0.2) is 27.5 Å². The molecule has 2 aromatic heterocycles. The van der Waals surface area contributed by atoms with Gasteiger partial charge in [0.15, 0.2) is 0 Å². The van der Waals surface area contributed by atoms with Gasteiger partial charge in [0.05, 0.1) is 4.99 Å². The Hall–Kier alpha value is -1.62. The van der Waals surface area contributed by atoms with Crippen LogP contribution in [0.25, 0.3) is 5.65 Å². The Morgan fingerprint density at radius 3 is 3.06 bits per heavy atom. The van der Waals surface area contributed by atoms with Gasteiger partial charge in [0.25, 0.3) is 0 Å². The molecular weight excluding hydrogens is 232 g/mol. The largest absolute Gasteiger partial charge is 0.393 e. The summed E-state index contributed by atoms with van der Waals surface area (Å²) in [5.74, 6) is 1.09. The molecule has 2 N–H and O–H groups in total. The van der Waals surface area contributed by atoms with Crippen molar-refractivity contribution in [1.82, 2.24) is 9.38 Å². The molecule has 0 fully saturated rings. The second-order valence-corrected chi connectivity index (χ2v) is 4.69. The normalized spacial score (nSPS) is 12.6. The first kappa shape index (κ1) is 11.9. The van der Waals surface area contributed by atoms with Crippen LogP contribution in [0.5, 0.6) is 0 Å². The summed E-state index contributed by atoms with van der Waals surface area (Å²) in [6.45, 7) is 2.11. The SMILES string of the molecule is CC(CC(N)=S)N(C)c1cccc2nccn12. The van der Waals surface area contributed by atoms with Crippen LogP contribution in [0.4, 0.5) is 5.82 Å². The van der Waals surface area contributed by atoms with E-state index in [0.717, 1.165) is 11.5 Å². The van der Waals surface area contributed by atoms with Crippen molar-refractivity contribution in [3.05, 3.63) is 30.6 Å². The maximum absolute atomic E-state index is 5.59. The van der Waals surface area contributed by atoms with Crippen molar-refractivity contribution in [2.75, 3.05) is 11.9 Å². The van der Waals surface area contributed by atoms with E-state index in [0.29, 0.717) is 11.4 Å². The van der Waals surface area contributed by atoms with E-state index in [1.165, 1.54) is 0 Å². The van der Waals surface area contributed by atoms with E-state index in [1.807, 2.05) is 25.4 Å². The zero-order chi connectivity index (χ0) is 12.4. The van der Waals surface area contributed by atoms with Crippen molar-refractivity contribution < 1.29 is 0 Å². The third kappa shape index (κ3) is 2.39. The second-order valence-electron chi connectivity index (χ2n) is 4.17. The molecule has 5 heteroatoms. The number of imidazole rings is 1. The van der Waals surface area contributed by atoms with Crippen LogP contribution in [0.2, 0.25) is 0 Å². The molecule has 0 aromatic carbocycles. The monoisotopic (exact) mass is 248 g/mol. The van der Waals surface area contributed by atoms with Crippen molar-refractivity contribution in [3.8, 4) is 0 Å². The van der Waals surface area contributed by atoms with Gasteiger partial charge in [0.2, 0.25) is 0 Å². The average Bonchev–Trinajstić information content (AvgIpc) is 2.74. The van der Waals surface area contributed by atoms with Crippen molar-refractivity contribution in [3.63, 3.8) is 0 Å². The number of pyridine rings is 1. The molecule has 0 saturated carbocycles. The van der Waals surface area contributed by atoms with Gasteiger partial charge in [-0.2, -0.15) is 0 Å². The lowest BCUT2D eigenvalue weighted by Crippen LogP contribution is -2.33. The molecule has 2 aromatic rings. The second kappa shape index (κ2) is 4.71. The lowest BCUT2D eigenvalue weighted by atomic mass is 10.2. The average molecular weight is 248 g/mol. The number of thiocarbonyl (C=S) groups is 1. The predicted octanol–water partition coefficient (Wildman–Crippen LogP) is 1.84. The van der Waals surface area contributed by atoms with E-state index in [2.05, 4.69) is 27.3 Å². The van der Waals surface area contributed by atoms with Crippen LogP contribution < -0.4 is 10.6 Å². The van der Waals surface area contributed by atoms with Crippen molar-refractivity contribution in [2.45, 2.75) is 19.4 Å². The Labute approximate surface area is 106 Å². The highest BCUT2D eigenvalue weighted by Gasteiger charge is 2.13. The van der Waals surface area contributed by atoms with Crippen LogP contribution in [0, 0.1) is 0 Å². The molecule has 1 atom stereocenters. The molecule has 4 nitrogen and oxygen atoms in total. The van der Waals surface area contributed by atoms with Crippen molar-refractivity contribution in [1.29, 1.82) is 0 Å². The highest BCUT2D eigenvalue weighted by molar-refractivity contribution is 7.80. The fourth-order valence-electron chi connectivity index (χ4n) is 1.87. The molecule has 0 amide bonds. The highest BCUT2D eigenvalue weighted by Crippen LogP contribution is 2.18. The summed E-state index contributed by atoms with van der Waals surface area (Å²) in [7, 11) is 2.04. The van der Waals surface area contributed by atoms with Crippen LogP contribution >= 0.6 is 12.2 Å². The van der Waals surface area contributed by atoms with Crippen LogP contribution in [-0.2, 0) is 0 Å². The maximum atomic E-state index is 5.59. The van der Waals surface area contributed by atoms with Gasteiger partial charge in [-0.25, -0.2) is 4.98 Å². The zero-order valence-corrected chi connectivity index (χ0v) is 10.8. The minimum absolute atomic E-state index is 0.264. The first-order valence-corrected chi connectivity index (χ1v) is 5.93. The number of hydrogen-bond acceptors (Lipinski definition) is 3. The Morgan fingerprint density at radius 1 is 1.59 bits per heavy atom. The van der Waals surface area contributed by atoms with Crippen LogP contribution in [0.3, 0.4) is 0 Å². The van der Waals surface area contributed by atoms with Gasteiger partial charge in [0, 0.05) is 31.9 Å². The van der Waals surface area contributed by atoms with Crippen molar-refractivity contribution in [2.24, 2.45) is 5.73 Å². The van der Waals surface area contributed by atoms with Gasteiger partial charge < -0.3 is 10.6 Å². The summed E-state index contributed by atoms with van der Waals surface area (Å²) in [6, 6.07) is 6.31. The summed E-state index contributed by atoms with van der Waals surface area (Å²) in [6.07, 6.45) is 4.45. The lowest BCUT2D eigenvalue weighted by molar-refractivity contribution is 0.701. The van der Waals surface area contributed by atoms with Crippen LogP contribution in [0.1, 0.15) is 13.3 Å². The number of nitrogens with zero attached hydrogens (tertiary/aromatic N) is 3. The van der Waals surface area contributed by atoms with E-state index in [-0.39, 0.29) is 6.04 Å². The van der Waals surface area contributed by atoms with E-state index in [1.54, 1.807) is 6.20 Å². The van der Waals surface area contributed by atoms with E-state index >= 15 is 0 Å². The number of anilines is 1. The topological polar surface area (TPSA) is 46.6 Å². The Balaban J connectivity index is 2.32. The fourth-order valence-corrected chi connectivity index (χ4v) is 2.12. The Kier molecular flexibility index (Phi) is 3.28. The van der Waals surface area contributed by atoms with E-state index < -0.39 is 0 Å². The first-order valence-electron chi connectivity index (χ1n) is 5.53. The molecule has 17 heavy (non-hydrogen) atoms. The molecule has 0 saturated heterocycles. The fraction of sp³-hybridized carbons (Fsp3) is 0.333. The standard InChI is InChI=1S/C12H16N4S/c1-9(8-10(13)17)15(2)12-5-3-4-11-14-6-7-16(11)12/h3-7,9H,8H2,1-2H3,(H2,13,17). The van der Waals surface area contributed by atoms with Crippen LogP contribution in [0.15, 0.2) is 30.6 Å². The zero-order valence-electron chi connectivity index (χ0n) is 10.00. The smallest absolute Gasteiger partial charge is 0.138 e. The van der Waals surface area contributed by atoms with Gasteiger partial charge in [0.1, 0.15) is 11.5 Å². The highest BCUT2D eigenvalue weighted by atomic mass is 32.1. The minimum atomic E-state index is 0.264. The number of hydrogen-bond donors (Lipinski definition) is 1. The summed E-state index contributed by atoms with van der Waals surface area (Å²) in [4.78, 5) is 6.97. The first-order chi connectivity index (χ1) is 8.09. The van der Waals surface area contributed by atoms with Gasteiger partial charge >= 0.3 is 0 Å². The Morgan fingerprint density at radius 2 is 2.35 bits per heavy atom. The van der Waals surface area contributed by atoms with Gasteiger partial charge in [-0.1, -0.05) is 18.3 Å². The lowest BCUT2D eigenvalue weighted by Gasteiger charge is -2.27. The molecule has 2 heterocycles. The maximum Gasteiger partial charge on any atom is 0.138 e. The van der Waals surface area contributed by atoms with Gasteiger partial charge in [-0.05, 0) is 19.1 Å². The van der Waals surface area contributed by atoms with E-state index in [9.17, 15) is 0 Å². The molecule has 0 radical (unpaired) electrons. The molecule has 0 bridgehead atoms. The number of nitrogens with two attached hydrogens (primary N) is 1. The number of rotatable bonds is 4. The quantitative estimate of drug-likeness (QED) is 0.839. The molecule has 0 aliphatic heterocycles. The Bertz CT molecular complexity index is 534. The summed E-state index contributed by atoms with van der Waals surface area (Å²) >= 11 is 4.95. The van der Waals surface area contributed by atoms with Crippen molar-refractivity contribution >= 4 is 28.7 Å². The van der Waals surface area contributed by atoms with Gasteiger partial charge in [-0.3, -0.25) is 4.40 Å². The molecule has 0 aliphatic carbocycles. The minimum Gasteiger partial charge on any atom is -0.393 e. The molecule has 0 aliphatic rings. The number of fused-ring (bicyclic) bond motifs is 1. The molecule has 90 valence electrons. The van der Waals surface area contributed by atoms with Gasteiger partial charge in [-0.15, -0.1) is 0 Å². The van der Waals surface area contributed by atoms with E-state index in [4.69, 9.17) is 18.0 Å². The third-order valence-electron chi connectivity index (χ3n) is 2.93. The summed E-state index contributed by atoms with van der Waals surface area (Å²) in [5, 5.41) is 0. The predicted molar refractivity (Wildman–Crippen MR) is 74.5 cm³/mol.